The molecule has 0 atom stereocenters. The lowest BCUT2D eigenvalue weighted by molar-refractivity contribution is -0.389. The molecule has 0 unspecified atom stereocenters. The van der Waals surface area contributed by atoms with Crippen LogP contribution in [0.2, 0.25) is 5.02 Å². The fourth-order valence-corrected chi connectivity index (χ4v) is 1.92. The molecule has 2 rings (SSSR count). The standard InChI is InChI=1S/C11H12ClN5O3/c1-6-4-9(17(19)20)14-15(6)5-10(18)16-8(3)11(12)7(2)13-16/h4H,5H2,1-3H3. The van der Waals surface area contributed by atoms with E-state index in [1.165, 1.54) is 15.4 Å². The van der Waals surface area contributed by atoms with Crippen molar-refractivity contribution in [2.75, 3.05) is 0 Å². The van der Waals surface area contributed by atoms with Crippen LogP contribution < -0.4 is 0 Å². The number of carbonyl (C=O) groups excluding carboxylic acids is 1. The lowest BCUT2D eigenvalue weighted by atomic mass is 10.4. The number of aromatic nitrogens is 4. The van der Waals surface area contributed by atoms with Crippen molar-refractivity contribution in [2.24, 2.45) is 0 Å². The summed E-state index contributed by atoms with van der Waals surface area (Å²) in [5, 5.41) is 18.9. The van der Waals surface area contributed by atoms with Crippen LogP contribution in [0.25, 0.3) is 0 Å². The number of hydrogen-bond donors (Lipinski definition) is 0. The van der Waals surface area contributed by atoms with Crippen molar-refractivity contribution in [1.82, 2.24) is 19.6 Å². The quantitative estimate of drug-likeness (QED) is 0.637. The normalized spacial score (nSPS) is 10.8. The Morgan fingerprint density at radius 3 is 2.50 bits per heavy atom. The van der Waals surface area contributed by atoms with Gasteiger partial charge in [-0.25, -0.2) is 4.68 Å². The number of hydrogen-bond acceptors (Lipinski definition) is 5. The Morgan fingerprint density at radius 2 is 2.05 bits per heavy atom. The highest BCUT2D eigenvalue weighted by molar-refractivity contribution is 6.32. The summed E-state index contributed by atoms with van der Waals surface area (Å²) in [6.45, 7) is 4.88. The van der Waals surface area contributed by atoms with Gasteiger partial charge >= 0.3 is 5.82 Å². The Hall–Kier alpha value is -2.22. The molecular weight excluding hydrogens is 286 g/mol. The number of nitrogens with zero attached hydrogens (tertiary/aromatic N) is 5. The van der Waals surface area contributed by atoms with Crippen LogP contribution in [0, 0.1) is 30.9 Å². The Bertz CT molecular complexity index is 703. The highest BCUT2D eigenvalue weighted by atomic mass is 35.5. The van der Waals surface area contributed by atoms with E-state index < -0.39 is 4.92 Å². The van der Waals surface area contributed by atoms with E-state index >= 15 is 0 Å². The second kappa shape index (κ2) is 5.04. The molecule has 106 valence electrons. The molecule has 0 saturated heterocycles. The zero-order chi connectivity index (χ0) is 15.0. The first-order valence-corrected chi connectivity index (χ1v) is 6.12. The summed E-state index contributed by atoms with van der Waals surface area (Å²) in [5.41, 5.74) is 1.62. The van der Waals surface area contributed by atoms with E-state index in [-0.39, 0.29) is 18.3 Å². The summed E-state index contributed by atoms with van der Waals surface area (Å²) in [5.74, 6) is -0.653. The van der Waals surface area contributed by atoms with Crippen LogP contribution in [0.15, 0.2) is 6.07 Å². The largest absolute Gasteiger partial charge is 0.390 e. The Morgan fingerprint density at radius 1 is 1.40 bits per heavy atom. The fraction of sp³-hybridized carbons (Fsp3) is 0.364. The molecule has 2 aromatic rings. The fourth-order valence-electron chi connectivity index (χ4n) is 1.80. The minimum atomic E-state index is -0.603. The van der Waals surface area contributed by atoms with Gasteiger partial charge in [-0.05, 0) is 25.7 Å². The molecule has 0 aliphatic heterocycles. The monoisotopic (exact) mass is 297 g/mol. The third-order valence-electron chi connectivity index (χ3n) is 2.88. The summed E-state index contributed by atoms with van der Waals surface area (Å²) in [6, 6.07) is 1.31. The second-order valence-electron chi connectivity index (χ2n) is 4.35. The highest BCUT2D eigenvalue weighted by Crippen LogP contribution is 2.19. The molecule has 8 nitrogen and oxygen atoms in total. The molecule has 0 spiro atoms. The van der Waals surface area contributed by atoms with Gasteiger partial charge in [-0.15, -0.1) is 0 Å². The molecule has 9 heteroatoms. The number of nitro groups is 1. The molecule has 0 fully saturated rings. The average molecular weight is 298 g/mol. The molecule has 0 aliphatic rings. The minimum Gasteiger partial charge on any atom is -0.358 e. The van der Waals surface area contributed by atoms with Crippen LogP contribution in [0.5, 0.6) is 0 Å². The molecule has 2 heterocycles. The predicted octanol–water partition coefficient (Wildman–Crippen LogP) is 1.91. The van der Waals surface area contributed by atoms with Crippen molar-refractivity contribution >= 4 is 23.3 Å². The van der Waals surface area contributed by atoms with Crippen LogP contribution in [0.4, 0.5) is 5.82 Å². The van der Waals surface area contributed by atoms with E-state index in [1.807, 2.05) is 0 Å². The van der Waals surface area contributed by atoms with E-state index in [4.69, 9.17) is 11.6 Å². The second-order valence-corrected chi connectivity index (χ2v) is 4.73. The smallest absolute Gasteiger partial charge is 0.358 e. The van der Waals surface area contributed by atoms with Gasteiger partial charge < -0.3 is 10.1 Å². The summed E-state index contributed by atoms with van der Waals surface area (Å²) in [6.07, 6.45) is 0. The topological polar surface area (TPSA) is 95.8 Å². The van der Waals surface area contributed by atoms with Gasteiger partial charge in [-0.2, -0.15) is 9.78 Å². The van der Waals surface area contributed by atoms with Crippen molar-refractivity contribution in [1.29, 1.82) is 0 Å². The zero-order valence-corrected chi connectivity index (χ0v) is 11.9. The number of rotatable bonds is 3. The molecule has 0 saturated carbocycles. The summed E-state index contributed by atoms with van der Waals surface area (Å²) in [7, 11) is 0. The van der Waals surface area contributed by atoms with Gasteiger partial charge in [0, 0.05) is 0 Å². The summed E-state index contributed by atoms with van der Waals surface area (Å²) in [4.78, 5) is 22.2. The van der Waals surface area contributed by atoms with Gasteiger partial charge in [-0.3, -0.25) is 4.79 Å². The van der Waals surface area contributed by atoms with Crippen LogP contribution in [0.1, 0.15) is 21.9 Å². The molecule has 2 aromatic heterocycles. The SMILES string of the molecule is Cc1nn(C(=O)Cn2nc([N+](=O)[O-])cc2C)c(C)c1Cl. The molecule has 0 bridgehead atoms. The molecule has 0 aliphatic carbocycles. The van der Waals surface area contributed by atoms with Crippen LogP contribution in [0.3, 0.4) is 0 Å². The molecule has 0 amide bonds. The highest BCUT2D eigenvalue weighted by Gasteiger charge is 2.20. The van der Waals surface area contributed by atoms with Crippen LogP contribution in [-0.2, 0) is 6.54 Å². The van der Waals surface area contributed by atoms with Gasteiger partial charge in [-0.1, -0.05) is 11.6 Å². The van der Waals surface area contributed by atoms with E-state index in [9.17, 15) is 14.9 Å². The Kier molecular flexibility index (Phi) is 3.58. The minimum absolute atomic E-state index is 0.141. The average Bonchev–Trinajstić information content (AvgIpc) is 2.86. The maximum absolute atomic E-state index is 12.1. The van der Waals surface area contributed by atoms with Crippen molar-refractivity contribution in [3.63, 3.8) is 0 Å². The summed E-state index contributed by atoms with van der Waals surface area (Å²) < 4.78 is 2.45. The maximum atomic E-state index is 12.1. The molecule has 0 radical (unpaired) electrons. The summed E-state index contributed by atoms with van der Waals surface area (Å²) >= 11 is 5.98. The van der Waals surface area contributed by atoms with Crippen molar-refractivity contribution in [3.8, 4) is 0 Å². The van der Waals surface area contributed by atoms with E-state index in [1.54, 1.807) is 20.8 Å². The first-order chi connectivity index (χ1) is 9.31. The molecule has 0 aromatic carbocycles. The van der Waals surface area contributed by atoms with E-state index in [0.29, 0.717) is 22.1 Å². The van der Waals surface area contributed by atoms with Crippen molar-refractivity contribution in [2.45, 2.75) is 27.3 Å². The van der Waals surface area contributed by atoms with Gasteiger partial charge in [0.25, 0.3) is 5.91 Å². The molecule has 0 N–H and O–H groups in total. The van der Waals surface area contributed by atoms with Crippen molar-refractivity contribution in [3.05, 3.63) is 38.3 Å². The number of carbonyl (C=O) groups is 1. The lowest BCUT2D eigenvalue weighted by Gasteiger charge is -2.02. The lowest BCUT2D eigenvalue weighted by Crippen LogP contribution is -2.21. The van der Waals surface area contributed by atoms with Gasteiger partial charge in [0.05, 0.1) is 33.3 Å². The van der Waals surface area contributed by atoms with E-state index in [2.05, 4.69) is 10.2 Å². The molecule has 20 heavy (non-hydrogen) atoms. The van der Waals surface area contributed by atoms with E-state index in [0.717, 1.165) is 0 Å². The molecular formula is C11H12ClN5O3. The predicted molar refractivity (Wildman–Crippen MR) is 71.0 cm³/mol. The Balaban J connectivity index is 2.28. The van der Waals surface area contributed by atoms with Crippen molar-refractivity contribution < 1.29 is 9.72 Å². The van der Waals surface area contributed by atoms with Gasteiger partial charge in [0.15, 0.2) is 0 Å². The first-order valence-electron chi connectivity index (χ1n) is 5.75. The first kappa shape index (κ1) is 14.2. The third kappa shape index (κ3) is 2.42. The van der Waals surface area contributed by atoms with Gasteiger partial charge in [0.2, 0.25) is 0 Å². The number of aryl methyl sites for hydroxylation is 2. The van der Waals surface area contributed by atoms with Crippen LogP contribution in [-0.4, -0.2) is 30.4 Å². The van der Waals surface area contributed by atoms with Gasteiger partial charge in [0.1, 0.15) is 6.54 Å². The third-order valence-corrected chi connectivity index (χ3v) is 3.43. The van der Waals surface area contributed by atoms with Crippen LogP contribution >= 0.6 is 11.6 Å². The number of halogens is 1. The zero-order valence-electron chi connectivity index (χ0n) is 11.1. The Labute approximate surface area is 119 Å². The maximum Gasteiger partial charge on any atom is 0.390 e.